The number of nitrogens with zero attached hydrogens (tertiary/aromatic N) is 2. The lowest BCUT2D eigenvalue weighted by Gasteiger charge is -2.04. The average Bonchev–Trinajstić information content (AvgIpc) is 2.86. The zero-order valence-electron chi connectivity index (χ0n) is 12.0. The van der Waals surface area contributed by atoms with Crippen LogP contribution in [0.5, 0.6) is 5.88 Å². The fraction of sp³-hybridized carbons (Fsp3) is 0. The molecule has 1 aliphatic heterocycles. The molecule has 0 saturated heterocycles. The van der Waals surface area contributed by atoms with Crippen molar-refractivity contribution in [2.75, 3.05) is 0 Å². The molecule has 0 atom stereocenters. The van der Waals surface area contributed by atoms with Gasteiger partial charge in [0, 0.05) is 11.1 Å². The van der Waals surface area contributed by atoms with Crippen LogP contribution in [0.3, 0.4) is 0 Å². The molecule has 0 bridgehead atoms. The summed E-state index contributed by atoms with van der Waals surface area (Å²) < 4.78 is 0. The molecule has 3 rings (SSSR count). The van der Waals surface area contributed by atoms with Gasteiger partial charge in [-0.15, -0.1) is 0 Å². The number of carbonyl (C=O) groups excluding carboxylic acids is 1. The third-order valence-electron chi connectivity index (χ3n) is 3.42. The van der Waals surface area contributed by atoms with Gasteiger partial charge in [-0.1, -0.05) is 24.3 Å². The topological polar surface area (TPSA) is 165 Å². The van der Waals surface area contributed by atoms with E-state index in [4.69, 9.17) is 11.0 Å². The highest BCUT2D eigenvalue weighted by Crippen LogP contribution is 2.33. The van der Waals surface area contributed by atoms with Crippen LogP contribution in [0, 0.1) is 11.3 Å². The number of primary amides is 1. The van der Waals surface area contributed by atoms with Crippen molar-refractivity contribution in [1.29, 1.82) is 5.26 Å². The van der Waals surface area contributed by atoms with Crippen LogP contribution in [0.2, 0.25) is 0 Å². The van der Waals surface area contributed by atoms with E-state index in [1.807, 2.05) is 4.98 Å². The van der Waals surface area contributed by atoms with E-state index < -0.39 is 23.0 Å². The normalized spacial score (nSPS) is 14.5. The number of benzene rings is 1. The fourth-order valence-corrected chi connectivity index (χ4v) is 2.43. The standard InChI is InChI=1S/C15H9N5O4/c16-5-8(12(17)21)10-6-3-1-2-4-7(6)11(18-10)9-13(22)19-15(24)20-14(9)23/h1-4H,(H2,17,21)(H3,19,20,22,23,24)/b10-8+. The molecular weight excluding hydrogens is 314 g/mol. The Hall–Kier alpha value is -3.93. The average molecular weight is 323 g/mol. The highest BCUT2D eigenvalue weighted by atomic mass is 16.3. The first kappa shape index (κ1) is 15.0. The van der Waals surface area contributed by atoms with E-state index in [1.54, 1.807) is 30.3 Å². The molecule has 5 N–H and O–H groups in total. The summed E-state index contributed by atoms with van der Waals surface area (Å²) in [5.41, 5.74) is 3.64. The molecule has 0 spiro atoms. The predicted molar refractivity (Wildman–Crippen MR) is 83.2 cm³/mol. The van der Waals surface area contributed by atoms with Gasteiger partial charge >= 0.3 is 5.69 Å². The molecule has 1 aliphatic rings. The number of H-pyrrole nitrogens is 2. The second kappa shape index (κ2) is 5.36. The maximum Gasteiger partial charge on any atom is 0.328 e. The highest BCUT2D eigenvalue weighted by Gasteiger charge is 2.29. The monoisotopic (exact) mass is 323 g/mol. The smallest absolute Gasteiger partial charge is 0.328 e. The third-order valence-corrected chi connectivity index (χ3v) is 3.42. The Kier molecular flexibility index (Phi) is 3.35. The number of carbonyl (C=O) groups is 1. The van der Waals surface area contributed by atoms with Gasteiger partial charge in [-0.3, -0.25) is 19.6 Å². The van der Waals surface area contributed by atoms with E-state index >= 15 is 0 Å². The van der Waals surface area contributed by atoms with E-state index in [9.17, 15) is 19.5 Å². The highest BCUT2D eigenvalue weighted by molar-refractivity contribution is 6.23. The number of amides is 1. The summed E-state index contributed by atoms with van der Waals surface area (Å²) >= 11 is 0. The Labute approximate surface area is 133 Å². The number of aliphatic imine (C=N–C) groups is 1. The summed E-state index contributed by atoms with van der Waals surface area (Å²) in [7, 11) is 0. The van der Waals surface area contributed by atoms with E-state index in [0.29, 0.717) is 11.1 Å². The van der Waals surface area contributed by atoms with Crippen molar-refractivity contribution < 1.29 is 9.90 Å². The number of hydrogen-bond acceptors (Lipinski definition) is 6. The van der Waals surface area contributed by atoms with Gasteiger partial charge in [0.1, 0.15) is 17.2 Å². The first-order valence-electron chi connectivity index (χ1n) is 6.62. The van der Waals surface area contributed by atoms with E-state index in [0.717, 1.165) is 0 Å². The van der Waals surface area contributed by atoms with Gasteiger partial charge < -0.3 is 10.8 Å². The fourth-order valence-electron chi connectivity index (χ4n) is 2.43. The van der Waals surface area contributed by atoms with Gasteiger partial charge in [-0.25, -0.2) is 9.79 Å². The van der Waals surface area contributed by atoms with Crippen molar-refractivity contribution in [3.63, 3.8) is 0 Å². The minimum atomic E-state index is -0.966. The zero-order chi connectivity index (χ0) is 17.4. The number of fused-ring (bicyclic) bond motifs is 1. The largest absolute Gasteiger partial charge is 0.494 e. The second-order valence-electron chi connectivity index (χ2n) is 4.84. The quantitative estimate of drug-likeness (QED) is 0.424. The Bertz CT molecular complexity index is 1100. The van der Waals surface area contributed by atoms with Crippen LogP contribution in [0.4, 0.5) is 0 Å². The number of aromatic hydroxyl groups is 1. The first-order valence-corrected chi connectivity index (χ1v) is 6.62. The van der Waals surface area contributed by atoms with E-state index in [1.165, 1.54) is 0 Å². The summed E-state index contributed by atoms with van der Waals surface area (Å²) in [5, 5.41) is 19.1. The number of rotatable bonds is 2. The van der Waals surface area contributed by atoms with Crippen LogP contribution in [0.1, 0.15) is 16.7 Å². The molecule has 24 heavy (non-hydrogen) atoms. The van der Waals surface area contributed by atoms with Crippen LogP contribution in [-0.2, 0) is 4.79 Å². The molecule has 0 radical (unpaired) electrons. The molecule has 1 amide bonds. The van der Waals surface area contributed by atoms with Crippen molar-refractivity contribution in [2.45, 2.75) is 0 Å². The van der Waals surface area contributed by atoms with E-state index in [-0.39, 0.29) is 22.5 Å². The van der Waals surface area contributed by atoms with Gasteiger partial charge in [0.15, 0.2) is 0 Å². The number of aromatic nitrogens is 2. The summed E-state index contributed by atoms with van der Waals surface area (Å²) in [4.78, 5) is 42.9. The molecule has 2 aromatic rings. The molecule has 0 fully saturated rings. The Balaban J connectivity index is 2.40. The summed E-state index contributed by atoms with van der Waals surface area (Å²) in [5.74, 6) is -1.64. The van der Waals surface area contributed by atoms with Crippen LogP contribution < -0.4 is 17.0 Å². The second-order valence-corrected chi connectivity index (χ2v) is 4.84. The molecule has 118 valence electrons. The third kappa shape index (κ3) is 2.19. The lowest BCUT2D eigenvalue weighted by atomic mass is 9.99. The van der Waals surface area contributed by atoms with Crippen molar-refractivity contribution in [3.05, 3.63) is 67.4 Å². The molecular formula is C15H9N5O4. The minimum Gasteiger partial charge on any atom is -0.494 e. The summed E-state index contributed by atoms with van der Waals surface area (Å²) in [6, 6.07) is 8.19. The number of nitriles is 1. The maximum atomic E-state index is 12.0. The van der Waals surface area contributed by atoms with Crippen LogP contribution in [-0.4, -0.2) is 26.7 Å². The van der Waals surface area contributed by atoms with Crippen molar-refractivity contribution in [2.24, 2.45) is 10.7 Å². The molecule has 9 nitrogen and oxygen atoms in total. The maximum absolute atomic E-state index is 12.0. The van der Waals surface area contributed by atoms with Crippen LogP contribution in [0.15, 0.2) is 44.4 Å². The molecule has 2 heterocycles. The first-order chi connectivity index (χ1) is 11.4. The summed E-state index contributed by atoms with van der Waals surface area (Å²) in [6.45, 7) is 0. The minimum absolute atomic E-state index is 0.000556. The van der Waals surface area contributed by atoms with E-state index in [2.05, 4.69) is 9.98 Å². The Morgan fingerprint density at radius 1 is 1.21 bits per heavy atom. The molecule has 0 aliphatic carbocycles. The van der Waals surface area contributed by atoms with Crippen LogP contribution in [0.25, 0.3) is 5.70 Å². The van der Waals surface area contributed by atoms with Gasteiger partial charge in [0.25, 0.3) is 11.5 Å². The van der Waals surface area contributed by atoms with Crippen molar-refractivity contribution in [3.8, 4) is 11.9 Å². The molecule has 1 aromatic carbocycles. The molecule has 9 heteroatoms. The van der Waals surface area contributed by atoms with Gasteiger partial charge in [0.05, 0.1) is 11.4 Å². The SMILES string of the molecule is N#C/C(C(N)=O)=C1\N=C(c2c(O)[nH]c(=O)[nH]c2=O)c2ccccc21. The number of aromatic amines is 2. The Morgan fingerprint density at radius 3 is 2.46 bits per heavy atom. The Morgan fingerprint density at radius 2 is 1.88 bits per heavy atom. The molecule has 0 saturated carbocycles. The van der Waals surface area contributed by atoms with Gasteiger partial charge in [0.2, 0.25) is 5.88 Å². The van der Waals surface area contributed by atoms with Crippen LogP contribution >= 0.6 is 0 Å². The zero-order valence-corrected chi connectivity index (χ0v) is 12.0. The van der Waals surface area contributed by atoms with Crippen molar-refractivity contribution >= 4 is 17.3 Å². The summed E-state index contributed by atoms with van der Waals surface area (Å²) in [6.07, 6.45) is 0. The lowest BCUT2D eigenvalue weighted by Crippen LogP contribution is -2.27. The molecule has 0 unspecified atom stereocenters. The number of nitrogens with two attached hydrogens (primary N) is 1. The predicted octanol–water partition coefficient (Wildman–Crippen LogP) is -0.660. The van der Waals surface area contributed by atoms with Gasteiger partial charge in [-0.2, -0.15) is 5.26 Å². The van der Waals surface area contributed by atoms with Gasteiger partial charge in [-0.05, 0) is 0 Å². The number of nitrogens with one attached hydrogen (secondary N) is 2. The lowest BCUT2D eigenvalue weighted by molar-refractivity contribution is -0.114. The van der Waals surface area contributed by atoms with Crippen molar-refractivity contribution in [1.82, 2.24) is 9.97 Å². The number of hydrogen-bond donors (Lipinski definition) is 4. The molecule has 1 aromatic heterocycles.